The van der Waals surface area contributed by atoms with Crippen molar-refractivity contribution in [3.05, 3.63) is 29.3 Å². The SMILES string of the molecule is Cc1ccc(C)c(NC(=O)CSCC(O)CO)c1. The number of hydrogen-bond donors (Lipinski definition) is 3. The van der Waals surface area contributed by atoms with Crippen molar-refractivity contribution in [2.45, 2.75) is 20.0 Å². The molecule has 0 spiro atoms. The van der Waals surface area contributed by atoms with Gasteiger partial charge in [-0.3, -0.25) is 4.79 Å². The number of carbonyl (C=O) groups excluding carboxylic acids is 1. The van der Waals surface area contributed by atoms with Gasteiger partial charge in [0.15, 0.2) is 0 Å². The molecule has 0 aromatic heterocycles. The van der Waals surface area contributed by atoms with Crippen LogP contribution in [0.1, 0.15) is 11.1 Å². The number of amides is 1. The third-order valence-corrected chi connectivity index (χ3v) is 3.51. The predicted octanol–water partition coefficient (Wildman–Crippen LogP) is 1.33. The first-order valence-electron chi connectivity index (χ1n) is 5.76. The summed E-state index contributed by atoms with van der Waals surface area (Å²) in [6, 6.07) is 5.89. The molecule has 1 aromatic carbocycles. The monoisotopic (exact) mass is 269 g/mol. The van der Waals surface area contributed by atoms with E-state index in [4.69, 9.17) is 10.2 Å². The molecule has 1 unspecified atom stereocenters. The van der Waals surface area contributed by atoms with Gasteiger partial charge in [0.1, 0.15) is 0 Å². The highest BCUT2D eigenvalue weighted by Gasteiger charge is 2.07. The van der Waals surface area contributed by atoms with Gasteiger partial charge < -0.3 is 15.5 Å². The summed E-state index contributed by atoms with van der Waals surface area (Å²) < 4.78 is 0. The maximum absolute atomic E-state index is 11.7. The van der Waals surface area contributed by atoms with Crippen molar-refractivity contribution in [2.75, 3.05) is 23.4 Å². The van der Waals surface area contributed by atoms with E-state index in [0.29, 0.717) is 5.75 Å². The van der Waals surface area contributed by atoms with E-state index in [2.05, 4.69) is 5.32 Å². The highest BCUT2D eigenvalue weighted by Crippen LogP contribution is 2.16. The zero-order valence-electron chi connectivity index (χ0n) is 10.6. The van der Waals surface area contributed by atoms with E-state index in [1.165, 1.54) is 11.8 Å². The number of aryl methyl sites for hydroxylation is 2. The molecule has 1 atom stereocenters. The zero-order valence-corrected chi connectivity index (χ0v) is 11.5. The third kappa shape index (κ3) is 5.08. The number of aliphatic hydroxyl groups excluding tert-OH is 2. The Morgan fingerprint density at radius 1 is 1.44 bits per heavy atom. The van der Waals surface area contributed by atoms with Crippen LogP contribution in [0, 0.1) is 13.8 Å². The number of rotatable bonds is 6. The van der Waals surface area contributed by atoms with Crippen LogP contribution < -0.4 is 5.32 Å². The molecule has 0 saturated carbocycles. The Labute approximate surface area is 111 Å². The number of nitrogens with one attached hydrogen (secondary N) is 1. The first kappa shape index (κ1) is 15.0. The van der Waals surface area contributed by atoms with Crippen LogP contribution in [0.2, 0.25) is 0 Å². The van der Waals surface area contributed by atoms with Gasteiger partial charge >= 0.3 is 0 Å². The van der Waals surface area contributed by atoms with Crippen molar-refractivity contribution in [1.29, 1.82) is 0 Å². The molecule has 3 N–H and O–H groups in total. The zero-order chi connectivity index (χ0) is 13.5. The maximum atomic E-state index is 11.7. The molecule has 5 heteroatoms. The van der Waals surface area contributed by atoms with Crippen molar-refractivity contribution >= 4 is 23.4 Å². The van der Waals surface area contributed by atoms with Gasteiger partial charge in [-0.2, -0.15) is 0 Å². The molecule has 0 heterocycles. The fraction of sp³-hybridized carbons (Fsp3) is 0.462. The van der Waals surface area contributed by atoms with E-state index < -0.39 is 6.10 Å². The van der Waals surface area contributed by atoms with Gasteiger partial charge in [-0.15, -0.1) is 11.8 Å². The molecule has 0 aliphatic rings. The fourth-order valence-corrected chi connectivity index (χ4v) is 2.15. The lowest BCUT2D eigenvalue weighted by Crippen LogP contribution is -2.19. The summed E-state index contributed by atoms with van der Waals surface area (Å²) in [5, 5.41) is 20.6. The number of thioether (sulfide) groups is 1. The fourth-order valence-electron chi connectivity index (χ4n) is 1.40. The summed E-state index contributed by atoms with van der Waals surface area (Å²) in [6.07, 6.45) is -0.761. The van der Waals surface area contributed by atoms with E-state index in [1.807, 2.05) is 32.0 Å². The summed E-state index contributed by atoms with van der Waals surface area (Å²) in [5.74, 6) is 0.528. The highest BCUT2D eigenvalue weighted by atomic mass is 32.2. The Morgan fingerprint density at radius 3 is 2.83 bits per heavy atom. The first-order valence-corrected chi connectivity index (χ1v) is 6.92. The molecule has 0 aliphatic heterocycles. The van der Waals surface area contributed by atoms with Crippen LogP contribution >= 0.6 is 11.8 Å². The number of benzene rings is 1. The quantitative estimate of drug-likeness (QED) is 0.728. The van der Waals surface area contributed by atoms with Crippen LogP contribution in [-0.2, 0) is 4.79 Å². The number of hydrogen-bond acceptors (Lipinski definition) is 4. The summed E-state index contributed by atoms with van der Waals surface area (Å²) in [7, 11) is 0. The molecule has 0 saturated heterocycles. The predicted molar refractivity (Wildman–Crippen MR) is 75.0 cm³/mol. The lowest BCUT2D eigenvalue weighted by Gasteiger charge is -2.10. The molecule has 0 aliphatic carbocycles. The summed E-state index contributed by atoms with van der Waals surface area (Å²) in [4.78, 5) is 11.7. The molecule has 0 fully saturated rings. The van der Waals surface area contributed by atoms with Crippen molar-refractivity contribution < 1.29 is 15.0 Å². The lowest BCUT2D eigenvalue weighted by atomic mass is 10.1. The van der Waals surface area contributed by atoms with Gasteiger partial charge in [-0.05, 0) is 31.0 Å². The summed E-state index contributed by atoms with van der Waals surface area (Å²) in [6.45, 7) is 3.64. The Hall–Kier alpha value is -1.04. The van der Waals surface area contributed by atoms with Crippen LogP contribution in [0.15, 0.2) is 18.2 Å². The second-order valence-electron chi connectivity index (χ2n) is 4.22. The van der Waals surface area contributed by atoms with Gasteiger partial charge in [0.05, 0.1) is 18.5 Å². The van der Waals surface area contributed by atoms with Crippen molar-refractivity contribution in [1.82, 2.24) is 0 Å². The molecule has 1 aromatic rings. The normalized spacial score (nSPS) is 12.2. The molecule has 0 radical (unpaired) electrons. The Kier molecular flexibility index (Phi) is 6.18. The van der Waals surface area contributed by atoms with Gasteiger partial charge in [0.25, 0.3) is 0 Å². The number of carbonyl (C=O) groups is 1. The van der Waals surface area contributed by atoms with E-state index in [9.17, 15) is 4.79 Å². The van der Waals surface area contributed by atoms with Gasteiger partial charge in [0, 0.05) is 11.4 Å². The standard InChI is InChI=1S/C13H19NO3S/c1-9-3-4-10(2)12(5-9)14-13(17)8-18-7-11(16)6-15/h3-5,11,15-16H,6-8H2,1-2H3,(H,14,17). The van der Waals surface area contributed by atoms with Crippen molar-refractivity contribution in [3.63, 3.8) is 0 Å². The minimum absolute atomic E-state index is 0.0983. The Bertz CT molecular complexity index is 409. The van der Waals surface area contributed by atoms with Crippen molar-refractivity contribution in [2.24, 2.45) is 0 Å². The minimum atomic E-state index is -0.761. The maximum Gasteiger partial charge on any atom is 0.234 e. The molecule has 0 bridgehead atoms. The molecule has 18 heavy (non-hydrogen) atoms. The van der Waals surface area contributed by atoms with Crippen LogP contribution in [-0.4, -0.2) is 40.3 Å². The third-order valence-electron chi connectivity index (χ3n) is 2.42. The average molecular weight is 269 g/mol. The second kappa shape index (κ2) is 7.41. The van der Waals surface area contributed by atoms with Crippen LogP contribution in [0.5, 0.6) is 0 Å². The van der Waals surface area contributed by atoms with Crippen LogP contribution in [0.25, 0.3) is 0 Å². The molecular formula is C13H19NO3S. The smallest absolute Gasteiger partial charge is 0.234 e. The molecule has 1 amide bonds. The molecule has 100 valence electrons. The Morgan fingerprint density at radius 2 is 2.17 bits per heavy atom. The summed E-state index contributed by atoms with van der Waals surface area (Å²) in [5.41, 5.74) is 2.94. The number of aliphatic hydroxyl groups is 2. The second-order valence-corrected chi connectivity index (χ2v) is 5.25. The number of anilines is 1. The van der Waals surface area contributed by atoms with Crippen LogP contribution in [0.3, 0.4) is 0 Å². The van der Waals surface area contributed by atoms with Gasteiger partial charge in [-0.1, -0.05) is 12.1 Å². The van der Waals surface area contributed by atoms with Crippen molar-refractivity contribution in [3.8, 4) is 0 Å². The van der Waals surface area contributed by atoms with E-state index in [0.717, 1.165) is 16.8 Å². The topological polar surface area (TPSA) is 69.6 Å². The van der Waals surface area contributed by atoms with E-state index >= 15 is 0 Å². The highest BCUT2D eigenvalue weighted by molar-refractivity contribution is 8.00. The van der Waals surface area contributed by atoms with E-state index in [-0.39, 0.29) is 18.3 Å². The minimum Gasteiger partial charge on any atom is -0.394 e. The average Bonchev–Trinajstić information content (AvgIpc) is 2.33. The molecular weight excluding hydrogens is 250 g/mol. The van der Waals surface area contributed by atoms with Gasteiger partial charge in [-0.25, -0.2) is 0 Å². The summed E-state index contributed by atoms with van der Waals surface area (Å²) >= 11 is 1.30. The first-order chi connectivity index (χ1) is 8.52. The Balaban J connectivity index is 2.42. The molecule has 4 nitrogen and oxygen atoms in total. The van der Waals surface area contributed by atoms with Crippen LogP contribution in [0.4, 0.5) is 5.69 Å². The van der Waals surface area contributed by atoms with Gasteiger partial charge in [0.2, 0.25) is 5.91 Å². The van der Waals surface area contributed by atoms with E-state index in [1.54, 1.807) is 0 Å². The lowest BCUT2D eigenvalue weighted by molar-refractivity contribution is -0.113. The largest absolute Gasteiger partial charge is 0.394 e. The molecule has 1 rings (SSSR count).